The smallest absolute Gasteiger partial charge is 0.235 e. The van der Waals surface area contributed by atoms with Gasteiger partial charge in [-0.3, -0.25) is 9.52 Å². The van der Waals surface area contributed by atoms with Crippen LogP contribution in [-0.4, -0.2) is 19.5 Å². The Morgan fingerprint density at radius 2 is 1.94 bits per heavy atom. The van der Waals surface area contributed by atoms with Crippen molar-refractivity contribution in [1.82, 2.24) is 0 Å². The molecule has 0 spiro atoms. The Hall–Kier alpha value is -1.36. The van der Waals surface area contributed by atoms with Crippen LogP contribution in [-0.2, 0) is 10.0 Å². The van der Waals surface area contributed by atoms with Crippen molar-refractivity contribution in [1.29, 1.82) is 0 Å². The fourth-order valence-corrected chi connectivity index (χ4v) is 1.77. The summed E-state index contributed by atoms with van der Waals surface area (Å²) in [4.78, 5) is 11.1. The minimum Gasteiger partial charge on any atom is -0.295 e. The number of carbonyl (C=O) groups is 1. The maximum absolute atomic E-state index is 11.6. The highest BCUT2D eigenvalue weighted by molar-refractivity contribution is 7.93. The monoisotopic (exact) mass is 241 g/mol. The van der Waals surface area contributed by atoms with Crippen molar-refractivity contribution in [3.05, 3.63) is 29.8 Å². The number of Topliss-reactive ketones (excluding diaryl/α,β-unsaturated/α-hetero) is 1. The number of hydrogen-bond acceptors (Lipinski definition) is 3. The number of sulfonamides is 1. The minimum absolute atomic E-state index is 0.0920. The average molecular weight is 241 g/mol. The summed E-state index contributed by atoms with van der Waals surface area (Å²) in [5.41, 5.74) is 0.908. The predicted octanol–water partition coefficient (Wildman–Crippen LogP) is 2.04. The Balaban J connectivity index is 2.99. The molecule has 1 aromatic rings. The summed E-state index contributed by atoms with van der Waals surface area (Å²) in [6, 6.07) is 6.44. The van der Waals surface area contributed by atoms with Gasteiger partial charge in [-0.05, 0) is 32.9 Å². The Morgan fingerprint density at radius 3 is 2.44 bits per heavy atom. The summed E-state index contributed by atoms with van der Waals surface area (Å²) in [6.07, 6.45) is 0. The molecule has 0 atom stereocenters. The van der Waals surface area contributed by atoms with Gasteiger partial charge in [0, 0.05) is 11.3 Å². The highest BCUT2D eigenvalue weighted by Crippen LogP contribution is 2.14. The van der Waals surface area contributed by atoms with E-state index < -0.39 is 15.3 Å². The normalized spacial score (nSPS) is 11.5. The van der Waals surface area contributed by atoms with Gasteiger partial charge >= 0.3 is 0 Å². The molecular weight excluding hydrogens is 226 g/mol. The zero-order valence-electron chi connectivity index (χ0n) is 9.52. The van der Waals surface area contributed by atoms with E-state index in [9.17, 15) is 13.2 Å². The highest BCUT2D eigenvalue weighted by atomic mass is 32.2. The van der Waals surface area contributed by atoms with E-state index >= 15 is 0 Å². The third-order valence-corrected chi connectivity index (χ3v) is 3.91. The molecule has 0 aliphatic rings. The number of hydrogen-bond donors (Lipinski definition) is 1. The molecule has 0 aliphatic carbocycles. The molecule has 0 fully saturated rings. The summed E-state index contributed by atoms with van der Waals surface area (Å²) in [5.74, 6) is -0.0920. The number of rotatable bonds is 4. The van der Waals surface area contributed by atoms with E-state index in [4.69, 9.17) is 0 Å². The molecule has 1 aromatic carbocycles. The highest BCUT2D eigenvalue weighted by Gasteiger charge is 2.15. The van der Waals surface area contributed by atoms with Crippen molar-refractivity contribution >= 4 is 21.5 Å². The third kappa shape index (κ3) is 3.06. The van der Waals surface area contributed by atoms with Crippen LogP contribution in [0, 0.1) is 0 Å². The molecule has 0 radical (unpaired) electrons. The van der Waals surface area contributed by atoms with Crippen molar-refractivity contribution in [3.63, 3.8) is 0 Å². The van der Waals surface area contributed by atoms with E-state index in [0.29, 0.717) is 11.3 Å². The molecule has 0 saturated heterocycles. The number of nitrogens with one attached hydrogen (secondary N) is 1. The van der Waals surface area contributed by atoms with Gasteiger partial charge in [-0.2, -0.15) is 0 Å². The van der Waals surface area contributed by atoms with Crippen molar-refractivity contribution in [2.45, 2.75) is 26.0 Å². The molecule has 0 heterocycles. The fraction of sp³-hybridized carbons (Fsp3) is 0.364. The van der Waals surface area contributed by atoms with Gasteiger partial charge in [0.1, 0.15) is 0 Å². The molecule has 4 nitrogen and oxygen atoms in total. The third-order valence-electron chi connectivity index (χ3n) is 2.15. The second-order valence-electron chi connectivity index (χ2n) is 3.83. The Labute approximate surface area is 95.7 Å². The van der Waals surface area contributed by atoms with Crippen LogP contribution in [0.3, 0.4) is 0 Å². The summed E-state index contributed by atoms with van der Waals surface area (Å²) in [5, 5.41) is -0.506. The number of ketones is 1. The largest absolute Gasteiger partial charge is 0.295 e. The van der Waals surface area contributed by atoms with Gasteiger partial charge in [0.15, 0.2) is 5.78 Å². The van der Waals surface area contributed by atoms with Crippen molar-refractivity contribution in [2.75, 3.05) is 4.72 Å². The Bertz CT molecular complexity index is 492. The van der Waals surface area contributed by atoms with Crippen LogP contribution in [0.1, 0.15) is 31.1 Å². The van der Waals surface area contributed by atoms with Crippen LogP contribution < -0.4 is 4.72 Å². The first kappa shape index (κ1) is 12.7. The SMILES string of the molecule is CC(=O)c1cccc(NS(=O)(=O)C(C)C)c1. The molecule has 0 bridgehead atoms. The molecule has 0 unspecified atom stereocenters. The minimum atomic E-state index is -3.36. The van der Waals surface area contributed by atoms with Gasteiger partial charge in [0.25, 0.3) is 0 Å². The zero-order chi connectivity index (χ0) is 12.3. The van der Waals surface area contributed by atoms with Crippen molar-refractivity contribution in [3.8, 4) is 0 Å². The summed E-state index contributed by atoms with van der Waals surface area (Å²) in [7, 11) is -3.36. The van der Waals surface area contributed by atoms with Gasteiger partial charge in [-0.1, -0.05) is 12.1 Å². The van der Waals surface area contributed by atoms with Crippen molar-refractivity contribution in [2.24, 2.45) is 0 Å². The predicted molar refractivity (Wildman–Crippen MR) is 64.1 cm³/mol. The van der Waals surface area contributed by atoms with Crippen LogP contribution in [0.5, 0.6) is 0 Å². The van der Waals surface area contributed by atoms with E-state index in [2.05, 4.69) is 4.72 Å². The van der Waals surface area contributed by atoms with E-state index in [1.165, 1.54) is 13.0 Å². The fourth-order valence-electron chi connectivity index (χ4n) is 1.08. The molecule has 1 N–H and O–H groups in total. The average Bonchev–Trinajstić information content (AvgIpc) is 2.17. The molecule has 5 heteroatoms. The molecule has 0 amide bonds. The Kier molecular flexibility index (Phi) is 3.70. The number of anilines is 1. The molecule has 0 aromatic heterocycles. The summed E-state index contributed by atoms with van der Waals surface area (Å²) in [6.45, 7) is 4.63. The Morgan fingerprint density at radius 1 is 1.31 bits per heavy atom. The first-order chi connectivity index (χ1) is 7.33. The van der Waals surface area contributed by atoms with Gasteiger partial charge in [-0.15, -0.1) is 0 Å². The van der Waals surface area contributed by atoms with Crippen LogP contribution >= 0.6 is 0 Å². The molecule has 88 valence electrons. The molecule has 0 aliphatic heterocycles. The molecule has 1 rings (SSSR count). The van der Waals surface area contributed by atoms with Crippen molar-refractivity contribution < 1.29 is 13.2 Å². The molecule has 16 heavy (non-hydrogen) atoms. The summed E-state index contributed by atoms with van der Waals surface area (Å²) >= 11 is 0. The van der Waals surface area contributed by atoms with Gasteiger partial charge in [-0.25, -0.2) is 8.42 Å². The first-order valence-corrected chi connectivity index (χ1v) is 6.50. The lowest BCUT2D eigenvalue weighted by Gasteiger charge is -2.11. The maximum atomic E-state index is 11.6. The molecule has 0 saturated carbocycles. The lowest BCUT2D eigenvalue weighted by atomic mass is 10.1. The quantitative estimate of drug-likeness (QED) is 0.820. The topological polar surface area (TPSA) is 63.2 Å². The number of carbonyl (C=O) groups excluding carboxylic acids is 1. The second-order valence-corrected chi connectivity index (χ2v) is 6.07. The lowest BCUT2D eigenvalue weighted by Crippen LogP contribution is -2.22. The second kappa shape index (κ2) is 4.65. The van der Waals surface area contributed by atoms with E-state index in [1.54, 1.807) is 32.0 Å². The first-order valence-electron chi connectivity index (χ1n) is 4.95. The zero-order valence-corrected chi connectivity index (χ0v) is 10.3. The number of benzene rings is 1. The van der Waals surface area contributed by atoms with Gasteiger partial charge in [0.2, 0.25) is 10.0 Å². The van der Waals surface area contributed by atoms with E-state index in [-0.39, 0.29) is 5.78 Å². The molecular formula is C11H15NO3S. The van der Waals surface area contributed by atoms with E-state index in [0.717, 1.165) is 0 Å². The van der Waals surface area contributed by atoms with Gasteiger partial charge in [0.05, 0.1) is 5.25 Å². The van der Waals surface area contributed by atoms with Crippen LogP contribution in [0.15, 0.2) is 24.3 Å². The standard InChI is InChI=1S/C11H15NO3S/c1-8(2)16(14,15)12-11-6-4-5-10(7-11)9(3)13/h4-8,12H,1-3H3. The lowest BCUT2D eigenvalue weighted by molar-refractivity contribution is 0.101. The van der Waals surface area contributed by atoms with Gasteiger partial charge < -0.3 is 0 Å². The van der Waals surface area contributed by atoms with Crippen LogP contribution in [0.25, 0.3) is 0 Å². The maximum Gasteiger partial charge on any atom is 0.235 e. The summed E-state index contributed by atoms with van der Waals surface area (Å²) < 4.78 is 25.6. The van der Waals surface area contributed by atoms with Crippen LogP contribution in [0.2, 0.25) is 0 Å². The van der Waals surface area contributed by atoms with E-state index in [1.807, 2.05) is 0 Å². The van der Waals surface area contributed by atoms with Crippen LogP contribution in [0.4, 0.5) is 5.69 Å².